The summed E-state index contributed by atoms with van der Waals surface area (Å²) in [6.45, 7) is 5.40. The van der Waals surface area contributed by atoms with Crippen molar-refractivity contribution in [3.8, 4) is 0 Å². The van der Waals surface area contributed by atoms with Crippen LogP contribution in [0.2, 0.25) is 10.0 Å². The van der Waals surface area contributed by atoms with Crippen molar-refractivity contribution < 1.29 is 14.3 Å². The Balaban J connectivity index is 2.72. The molecule has 1 amide bonds. The minimum Gasteiger partial charge on any atom is -0.467 e. The minimum atomic E-state index is -0.685. The smallest absolute Gasteiger partial charge is 0.330 e. The Morgan fingerprint density at radius 2 is 2.00 bits per heavy atom. The number of rotatable bonds is 8. The first-order chi connectivity index (χ1) is 13.2. The number of allylic oxidation sites excluding steroid dienone is 2. The third-order valence-electron chi connectivity index (χ3n) is 3.71. The van der Waals surface area contributed by atoms with Gasteiger partial charge in [-0.2, -0.15) is 0 Å². The second-order valence-corrected chi connectivity index (χ2v) is 6.65. The van der Waals surface area contributed by atoms with Crippen LogP contribution in [-0.4, -0.2) is 31.2 Å². The zero-order chi connectivity index (χ0) is 21.3. The number of nitrogens with zero attached hydrogens (tertiary/aromatic N) is 1. The van der Waals surface area contributed by atoms with E-state index in [0.717, 1.165) is 5.56 Å². The van der Waals surface area contributed by atoms with Gasteiger partial charge in [0.1, 0.15) is 17.6 Å². The lowest BCUT2D eigenvalue weighted by atomic mass is 10.2. The van der Waals surface area contributed by atoms with Gasteiger partial charge in [-0.25, -0.2) is 4.79 Å². The zero-order valence-corrected chi connectivity index (χ0v) is 17.7. The van der Waals surface area contributed by atoms with Crippen molar-refractivity contribution in [1.82, 2.24) is 10.6 Å². The van der Waals surface area contributed by atoms with Gasteiger partial charge in [-0.15, -0.1) is 0 Å². The molecule has 0 fully saturated rings. The van der Waals surface area contributed by atoms with Crippen LogP contribution in [0.4, 0.5) is 0 Å². The number of amides is 1. The number of nitrogens with two attached hydrogens (primary N) is 1. The van der Waals surface area contributed by atoms with E-state index >= 15 is 0 Å². The van der Waals surface area contributed by atoms with E-state index in [2.05, 4.69) is 20.4 Å². The van der Waals surface area contributed by atoms with Crippen molar-refractivity contribution in [2.24, 2.45) is 10.7 Å². The van der Waals surface area contributed by atoms with E-state index in [1.165, 1.54) is 13.3 Å². The number of halogens is 2. The number of hydrogen-bond donors (Lipinski definition) is 3. The molecule has 152 valence electrons. The maximum absolute atomic E-state index is 12.3. The van der Waals surface area contributed by atoms with Crippen molar-refractivity contribution in [2.75, 3.05) is 7.11 Å². The standard InChI is InChI=1S/C19H24Cl2N4O3/c1-5-16(24-10-13-6-7-14(20)15(21)8-13)25-18(26)17(22)11(2)9-23-12(3)19(27)28-4/h5-9,12,24H,10,22H2,1-4H3,(H,25,26). The van der Waals surface area contributed by atoms with Crippen LogP contribution in [0.1, 0.15) is 26.3 Å². The predicted molar refractivity (Wildman–Crippen MR) is 112 cm³/mol. The quantitative estimate of drug-likeness (QED) is 0.336. The van der Waals surface area contributed by atoms with Crippen LogP contribution in [0.3, 0.4) is 0 Å². The van der Waals surface area contributed by atoms with E-state index < -0.39 is 17.9 Å². The number of esters is 1. The number of nitrogens with one attached hydrogen (secondary N) is 2. The van der Waals surface area contributed by atoms with Gasteiger partial charge in [-0.1, -0.05) is 29.3 Å². The van der Waals surface area contributed by atoms with Gasteiger partial charge in [0.25, 0.3) is 5.91 Å². The molecule has 0 aromatic heterocycles. The zero-order valence-electron chi connectivity index (χ0n) is 16.2. The summed E-state index contributed by atoms with van der Waals surface area (Å²) in [5.74, 6) is -0.495. The molecular weight excluding hydrogens is 403 g/mol. The number of ether oxygens (including phenoxy) is 1. The Morgan fingerprint density at radius 1 is 1.32 bits per heavy atom. The third-order valence-corrected chi connectivity index (χ3v) is 4.45. The predicted octanol–water partition coefficient (Wildman–Crippen LogP) is 2.93. The number of carbonyl (C=O) groups excluding carboxylic acids is 2. The molecule has 1 rings (SSSR count). The molecule has 28 heavy (non-hydrogen) atoms. The van der Waals surface area contributed by atoms with E-state index in [1.54, 1.807) is 39.0 Å². The average Bonchev–Trinajstić information content (AvgIpc) is 2.69. The Hall–Kier alpha value is -2.51. The molecular formula is C19H24Cl2N4O3. The highest BCUT2D eigenvalue weighted by Gasteiger charge is 2.12. The number of carbonyl (C=O) groups is 2. The van der Waals surface area contributed by atoms with E-state index in [4.69, 9.17) is 28.9 Å². The average molecular weight is 427 g/mol. The summed E-state index contributed by atoms with van der Waals surface area (Å²) >= 11 is 11.9. The van der Waals surface area contributed by atoms with Crippen molar-refractivity contribution in [1.29, 1.82) is 0 Å². The lowest BCUT2D eigenvalue weighted by Gasteiger charge is -2.13. The van der Waals surface area contributed by atoms with Gasteiger partial charge in [0, 0.05) is 12.8 Å². The van der Waals surface area contributed by atoms with Crippen LogP contribution in [0, 0.1) is 0 Å². The number of hydrogen-bond acceptors (Lipinski definition) is 6. The molecule has 0 saturated heterocycles. The molecule has 7 nitrogen and oxygen atoms in total. The van der Waals surface area contributed by atoms with Crippen LogP contribution in [0.25, 0.3) is 0 Å². The highest BCUT2D eigenvalue weighted by atomic mass is 35.5. The maximum Gasteiger partial charge on any atom is 0.330 e. The first-order valence-corrected chi connectivity index (χ1v) is 9.18. The van der Waals surface area contributed by atoms with Crippen LogP contribution < -0.4 is 16.4 Å². The molecule has 4 N–H and O–H groups in total. The minimum absolute atomic E-state index is 0.0171. The Morgan fingerprint density at radius 3 is 2.57 bits per heavy atom. The van der Waals surface area contributed by atoms with Gasteiger partial charge in [0.2, 0.25) is 0 Å². The molecule has 0 spiro atoms. The molecule has 0 heterocycles. The molecule has 0 saturated carbocycles. The molecule has 1 unspecified atom stereocenters. The van der Waals surface area contributed by atoms with E-state index in [0.29, 0.717) is 28.0 Å². The fourth-order valence-corrected chi connectivity index (χ4v) is 2.28. The third kappa shape index (κ3) is 7.25. The van der Waals surface area contributed by atoms with Gasteiger partial charge in [-0.3, -0.25) is 9.79 Å². The van der Waals surface area contributed by atoms with Crippen LogP contribution in [0.5, 0.6) is 0 Å². The molecule has 1 aromatic rings. The van der Waals surface area contributed by atoms with Crippen molar-refractivity contribution in [3.63, 3.8) is 0 Å². The van der Waals surface area contributed by atoms with Crippen LogP contribution in [-0.2, 0) is 20.9 Å². The van der Waals surface area contributed by atoms with Gasteiger partial charge in [-0.05, 0) is 50.1 Å². The summed E-state index contributed by atoms with van der Waals surface area (Å²) in [6, 6.07) is 4.58. The van der Waals surface area contributed by atoms with Gasteiger partial charge < -0.3 is 21.1 Å². The molecule has 1 aromatic carbocycles. The number of benzene rings is 1. The monoisotopic (exact) mass is 426 g/mol. The SMILES string of the molecule is CC=C(NCc1ccc(Cl)c(Cl)c1)NC(=O)C(N)=C(C)C=NC(C)C(=O)OC. The molecule has 0 aliphatic carbocycles. The maximum atomic E-state index is 12.3. The summed E-state index contributed by atoms with van der Waals surface area (Å²) in [7, 11) is 1.28. The van der Waals surface area contributed by atoms with Crippen molar-refractivity contribution in [2.45, 2.75) is 33.4 Å². The number of aliphatic imine (C=N–C) groups is 1. The molecule has 9 heteroatoms. The highest BCUT2D eigenvalue weighted by Crippen LogP contribution is 2.22. The van der Waals surface area contributed by atoms with E-state index in [9.17, 15) is 9.59 Å². The van der Waals surface area contributed by atoms with Crippen molar-refractivity contribution in [3.05, 3.63) is 57.0 Å². The Kier molecular flexibility index (Phi) is 9.55. The Bertz CT molecular complexity index is 819. The molecule has 0 aliphatic heterocycles. The second-order valence-electron chi connectivity index (χ2n) is 5.83. The summed E-state index contributed by atoms with van der Waals surface area (Å²) in [6.07, 6.45) is 3.07. The van der Waals surface area contributed by atoms with Gasteiger partial charge >= 0.3 is 5.97 Å². The second kappa shape index (κ2) is 11.4. The Labute approximate surface area is 174 Å². The van der Waals surface area contributed by atoms with Crippen LogP contribution >= 0.6 is 23.2 Å². The topological polar surface area (TPSA) is 106 Å². The first-order valence-electron chi connectivity index (χ1n) is 8.42. The highest BCUT2D eigenvalue weighted by molar-refractivity contribution is 6.42. The summed E-state index contributed by atoms with van der Waals surface area (Å²) in [5.41, 5.74) is 7.18. The lowest BCUT2D eigenvalue weighted by molar-refractivity contribution is -0.141. The van der Waals surface area contributed by atoms with Gasteiger partial charge in [0.15, 0.2) is 0 Å². The molecule has 0 aliphatic rings. The van der Waals surface area contributed by atoms with Crippen LogP contribution in [0.15, 0.2) is 46.4 Å². The fourth-order valence-electron chi connectivity index (χ4n) is 1.96. The molecule has 0 radical (unpaired) electrons. The van der Waals surface area contributed by atoms with E-state index in [1.807, 2.05) is 6.07 Å². The molecule has 0 bridgehead atoms. The van der Waals surface area contributed by atoms with E-state index in [-0.39, 0.29) is 5.70 Å². The molecule has 1 atom stereocenters. The summed E-state index contributed by atoms with van der Waals surface area (Å²) in [4.78, 5) is 27.7. The van der Waals surface area contributed by atoms with Crippen molar-refractivity contribution >= 4 is 41.3 Å². The lowest BCUT2D eigenvalue weighted by Crippen LogP contribution is -2.34. The fraction of sp³-hybridized carbons (Fsp3) is 0.316. The number of methoxy groups -OCH3 is 1. The normalized spacial score (nSPS) is 13.7. The largest absolute Gasteiger partial charge is 0.467 e. The summed E-state index contributed by atoms with van der Waals surface area (Å²) < 4.78 is 4.59. The van der Waals surface area contributed by atoms with Gasteiger partial charge in [0.05, 0.1) is 17.2 Å². The summed E-state index contributed by atoms with van der Waals surface area (Å²) in [5, 5.41) is 6.69. The first kappa shape index (κ1) is 23.5.